The van der Waals surface area contributed by atoms with Crippen molar-refractivity contribution in [2.75, 3.05) is 6.61 Å². The fourth-order valence-corrected chi connectivity index (χ4v) is 0.831. The van der Waals surface area contributed by atoms with Gasteiger partial charge in [0, 0.05) is 13.5 Å². The first-order valence-electron chi connectivity index (χ1n) is 3.66. The Morgan fingerprint density at radius 1 is 1.67 bits per heavy atom. The molecule has 0 unspecified atom stereocenters. The molecule has 5 nitrogen and oxygen atoms in total. The Morgan fingerprint density at radius 3 is 2.92 bits per heavy atom. The molecule has 0 N–H and O–H groups in total. The molecule has 12 heavy (non-hydrogen) atoms. The summed E-state index contributed by atoms with van der Waals surface area (Å²) in [5.41, 5.74) is 0. The van der Waals surface area contributed by atoms with Gasteiger partial charge in [-0.2, -0.15) is 5.10 Å². The van der Waals surface area contributed by atoms with Crippen molar-refractivity contribution in [3.8, 4) is 0 Å². The van der Waals surface area contributed by atoms with E-state index in [1.54, 1.807) is 4.68 Å². The first kappa shape index (κ1) is 8.70. The van der Waals surface area contributed by atoms with Crippen molar-refractivity contribution in [2.45, 2.75) is 13.3 Å². The number of rotatable bonds is 4. The summed E-state index contributed by atoms with van der Waals surface area (Å²) in [5.74, 6) is 1.56. The minimum Gasteiger partial charge on any atom is -0.467 e. The van der Waals surface area contributed by atoms with E-state index in [-0.39, 0.29) is 0 Å². The van der Waals surface area contributed by atoms with Crippen molar-refractivity contribution in [3.05, 3.63) is 11.6 Å². The zero-order valence-corrected chi connectivity index (χ0v) is 7.15. The highest BCUT2D eigenvalue weighted by Crippen LogP contribution is 1.95. The fraction of sp³-hybridized carbons (Fsp3) is 0.571. The van der Waals surface area contributed by atoms with E-state index in [2.05, 4.69) is 14.8 Å². The number of carbonyl (C=O) groups excluding carboxylic acids is 1. The highest BCUT2D eigenvalue weighted by atomic mass is 16.5. The predicted molar refractivity (Wildman–Crippen MR) is 41.5 cm³/mol. The topological polar surface area (TPSA) is 57.0 Å². The molecule has 1 aromatic rings. The van der Waals surface area contributed by atoms with Gasteiger partial charge in [-0.25, -0.2) is 4.98 Å². The van der Waals surface area contributed by atoms with Crippen LogP contribution in [0.25, 0.3) is 0 Å². The van der Waals surface area contributed by atoms with Crippen molar-refractivity contribution in [3.63, 3.8) is 0 Å². The lowest BCUT2D eigenvalue weighted by molar-refractivity contribution is -0.128. The van der Waals surface area contributed by atoms with Crippen LogP contribution in [0, 0.1) is 6.92 Å². The highest BCUT2D eigenvalue weighted by Gasteiger charge is 2.01. The van der Waals surface area contributed by atoms with E-state index in [0.717, 1.165) is 5.82 Å². The van der Waals surface area contributed by atoms with Crippen LogP contribution in [0.3, 0.4) is 0 Å². The van der Waals surface area contributed by atoms with Crippen molar-refractivity contribution in [1.29, 1.82) is 0 Å². The summed E-state index contributed by atoms with van der Waals surface area (Å²) in [7, 11) is 1.83. The van der Waals surface area contributed by atoms with Gasteiger partial charge in [-0.15, -0.1) is 0 Å². The Morgan fingerprint density at radius 2 is 2.42 bits per heavy atom. The summed E-state index contributed by atoms with van der Waals surface area (Å²) in [6.07, 6.45) is 0.570. The van der Waals surface area contributed by atoms with Crippen molar-refractivity contribution in [2.24, 2.45) is 7.05 Å². The molecule has 0 aliphatic heterocycles. The number of aryl methyl sites for hydroxylation is 2. The van der Waals surface area contributed by atoms with Crippen LogP contribution >= 0.6 is 0 Å². The molecule has 0 fully saturated rings. The third-order valence-electron chi connectivity index (χ3n) is 1.54. The fourth-order valence-electron chi connectivity index (χ4n) is 0.831. The van der Waals surface area contributed by atoms with Crippen LogP contribution in [0.2, 0.25) is 0 Å². The van der Waals surface area contributed by atoms with Gasteiger partial charge in [0.25, 0.3) is 6.47 Å². The maximum atomic E-state index is 9.80. The maximum absolute atomic E-state index is 9.80. The summed E-state index contributed by atoms with van der Waals surface area (Å²) in [4.78, 5) is 13.9. The van der Waals surface area contributed by atoms with Crippen molar-refractivity contribution < 1.29 is 9.53 Å². The summed E-state index contributed by atoms with van der Waals surface area (Å²) in [6.45, 7) is 2.64. The van der Waals surface area contributed by atoms with Gasteiger partial charge in [-0.05, 0) is 6.92 Å². The molecular weight excluding hydrogens is 158 g/mol. The molecule has 0 saturated carbocycles. The lowest BCUT2D eigenvalue weighted by atomic mass is 10.4. The number of aromatic nitrogens is 3. The molecule has 0 aliphatic rings. The van der Waals surface area contributed by atoms with Crippen molar-refractivity contribution >= 4 is 6.47 Å². The minimum atomic E-state index is 0.340. The van der Waals surface area contributed by atoms with E-state index in [9.17, 15) is 4.79 Å². The lowest BCUT2D eigenvalue weighted by Crippen LogP contribution is -1.99. The van der Waals surface area contributed by atoms with Gasteiger partial charge in [0.15, 0.2) is 5.82 Å². The van der Waals surface area contributed by atoms with E-state index in [4.69, 9.17) is 0 Å². The quantitative estimate of drug-likeness (QED) is 0.464. The Balaban J connectivity index is 2.47. The van der Waals surface area contributed by atoms with E-state index in [0.29, 0.717) is 25.3 Å². The van der Waals surface area contributed by atoms with Crippen molar-refractivity contribution in [1.82, 2.24) is 14.8 Å². The molecule has 0 spiro atoms. The zero-order chi connectivity index (χ0) is 8.97. The molecule has 66 valence electrons. The van der Waals surface area contributed by atoms with Crippen LogP contribution in [0.15, 0.2) is 0 Å². The predicted octanol–water partition coefficient (Wildman–Crippen LogP) is -0.161. The average Bonchev–Trinajstić information content (AvgIpc) is 2.32. The molecule has 1 heterocycles. The minimum absolute atomic E-state index is 0.340. The molecule has 0 saturated heterocycles. The van der Waals surface area contributed by atoms with E-state index >= 15 is 0 Å². The molecule has 1 rings (SSSR count). The molecule has 0 atom stereocenters. The summed E-state index contributed by atoms with van der Waals surface area (Å²) in [5, 5.41) is 4.09. The van der Waals surface area contributed by atoms with Gasteiger partial charge in [0.1, 0.15) is 5.82 Å². The van der Waals surface area contributed by atoms with Gasteiger partial charge in [-0.3, -0.25) is 9.48 Å². The largest absolute Gasteiger partial charge is 0.467 e. The lowest BCUT2D eigenvalue weighted by Gasteiger charge is -1.92. The van der Waals surface area contributed by atoms with E-state index < -0.39 is 0 Å². The molecular formula is C7H11N3O2. The van der Waals surface area contributed by atoms with E-state index in [1.165, 1.54) is 0 Å². The van der Waals surface area contributed by atoms with Gasteiger partial charge in [-0.1, -0.05) is 0 Å². The number of ether oxygens (including phenoxy) is 1. The second-order valence-electron chi connectivity index (χ2n) is 2.42. The van der Waals surface area contributed by atoms with Crippen LogP contribution in [-0.2, 0) is 23.0 Å². The van der Waals surface area contributed by atoms with Crippen LogP contribution in [-0.4, -0.2) is 27.8 Å². The Labute approximate surface area is 70.4 Å². The molecule has 0 bridgehead atoms. The molecule has 0 aromatic carbocycles. The SMILES string of the molecule is Cc1nc(CCOC=O)nn1C. The average molecular weight is 169 g/mol. The van der Waals surface area contributed by atoms with Gasteiger partial charge in [0.2, 0.25) is 0 Å². The smallest absolute Gasteiger partial charge is 0.293 e. The normalized spacial score (nSPS) is 9.83. The number of nitrogens with zero attached hydrogens (tertiary/aromatic N) is 3. The second kappa shape index (κ2) is 3.85. The molecule has 5 heteroatoms. The Kier molecular flexibility index (Phi) is 2.79. The number of hydrogen-bond donors (Lipinski definition) is 0. The van der Waals surface area contributed by atoms with Gasteiger partial charge < -0.3 is 4.74 Å². The van der Waals surface area contributed by atoms with Crippen LogP contribution < -0.4 is 0 Å². The van der Waals surface area contributed by atoms with Gasteiger partial charge in [0.05, 0.1) is 6.61 Å². The van der Waals surface area contributed by atoms with E-state index in [1.807, 2.05) is 14.0 Å². The first-order chi connectivity index (χ1) is 5.74. The summed E-state index contributed by atoms with van der Waals surface area (Å²) >= 11 is 0. The highest BCUT2D eigenvalue weighted by molar-refractivity contribution is 5.36. The maximum Gasteiger partial charge on any atom is 0.293 e. The summed E-state index contributed by atoms with van der Waals surface area (Å²) < 4.78 is 6.21. The molecule has 0 amide bonds. The zero-order valence-electron chi connectivity index (χ0n) is 7.15. The van der Waals surface area contributed by atoms with Crippen LogP contribution in [0.1, 0.15) is 11.6 Å². The Bertz CT molecular complexity index is 250. The standard InChI is InChI=1S/C7H11N3O2/c1-6-8-7(9-10(6)2)3-4-12-5-11/h5H,3-4H2,1-2H3. The van der Waals surface area contributed by atoms with Crippen LogP contribution in [0.5, 0.6) is 0 Å². The molecule has 0 aliphatic carbocycles. The number of carbonyl (C=O) groups is 1. The summed E-state index contributed by atoms with van der Waals surface area (Å²) in [6, 6.07) is 0. The Hall–Kier alpha value is -1.39. The monoisotopic (exact) mass is 169 g/mol. The molecule has 0 radical (unpaired) electrons. The third kappa shape index (κ3) is 2.05. The van der Waals surface area contributed by atoms with Crippen LogP contribution in [0.4, 0.5) is 0 Å². The molecule has 1 aromatic heterocycles. The number of hydrogen-bond acceptors (Lipinski definition) is 4. The third-order valence-corrected chi connectivity index (χ3v) is 1.54. The first-order valence-corrected chi connectivity index (χ1v) is 3.66. The second-order valence-corrected chi connectivity index (χ2v) is 2.42. The van der Waals surface area contributed by atoms with Gasteiger partial charge >= 0.3 is 0 Å².